The van der Waals surface area contributed by atoms with Crippen LogP contribution in [-0.2, 0) is 28.5 Å². The molecule has 0 aromatic rings. The fourth-order valence-corrected chi connectivity index (χ4v) is 5.65. The number of ether oxygens (including phenoxy) is 4. The molecule has 38 heavy (non-hydrogen) atoms. The second-order valence-corrected chi connectivity index (χ2v) is 12.1. The van der Waals surface area contributed by atoms with Gasteiger partial charge >= 0.3 is 11.9 Å². The van der Waals surface area contributed by atoms with Crippen molar-refractivity contribution in [1.29, 1.82) is 0 Å². The predicted molar refractivity (Wildman–Crippen MR) is 148 cm³/mol. The number of carbonyl (C=O) groups excluding carboxylic acids is 2. The SMILES string of the molecule is COC(=O)CCCCCC[C@H]1C(OC2CCCCO2)CC[C@@H]1/C=C/C(O)C(C)(C)CCCC(=O)OC(C)C. The van der Waals surface area contributed by atoms with Gasteiger partial charge < -0.3 is 24.1 Å². The van der Waals surface area contributed by atoms with Gasteiger partial charge in [0.1, 0.15) is 0 Å². The van der Waals surface area contributed by atoms with Crippen molar-refractivity contribution in [2.75, 3.05) is 13.7 Å². The lowest BCUT2D eigenvalue weighted by atomic mass is 9.80. The summed E-state index contributed by atoms with van der Waals surface area (Å²) in [4.78, 5) is 23.2. The molecule has 0 amide bonds. The largest absolute Gasteiger partial charge is 0.469 e. The Kier molecular flexibility index (Phi) is 14.9. The fraction of sp³-hybridized carbons (Fsp3) is 0.871. The van der Waals surface area contributed by atoms with E-state index < -0.39 is 6.10 Å². The number of allylic oxidation sites excluding steroid dienone is 1. The summed E-state index contributed by atoms with van der Waals surface area (Å²) in [6.45, 7) is 8.61. The van der Waals surface area contributed by atoms with E-state index in [9.17, 15) is 14.7 Å². The standard InChI is InChI=1S/C31H54O7/c1-23(2)37-29(34)15-12-21-31(3,4)27(32)20-18-24-17-19-26(38-30-16-10-11-22-36-30)25(24)13-8-6-7-9-14-28(33)35-5/h18,20,23-27,30,32H,6-17,19,21-22H2,1-5H3/b20-18+/t24-,25-,26?,27?,30?/m1/s1. The molecule has 220 valence electrons. The van der Waals surface area contributed by atoms with Crippen molar-refractivity contribution in [3.63, 3.8) is 0 Å². The van der Waals surface area contributed by atoms with Crippen molar-refractivity contribution in [3.8, 4) is 0 Å². The first-order valence-electron chi connectivity index (χ1n) is 15.0. The van der Waals surface area contributed by atoms with Crippen LogP contribution in [0.4, 0.5) is 0 Å². The fourth-order valence-electron chi connectivity index (χ4n) is 5.65. The molecular formula is C31H54O7. The van der Waals surface area contributed by atoms with Crippen molar-refractivity contribution >= 4 is 11.9 Å². The number of hydrogen-bond donors (Lipinski definition) is 1. The molecule has 7 nitrogen and oxygen atoms in total. The lowest BCUT2D eigenvalue weighted by molar-refractivity contribution is -0.195. The molecule has 0 spiro atoms. The molecule has 1 aliphatic carbocycles. The van der Waals surface area contributed by atoms with Gasteiger partial charge in [0, 0.05) is 19.4 Å². The van der Waals surface area contributed by atoms with Crippen molar-refractivity contribution in [3.05, 3.63) is 12.2 Å². The summed E-state index contributed by atoms with van der Waals surface area (Å²) in [7, 11) is 1.44. The number of methoxy groups -OCH3 is 1. The maximum atomic E-state index is 11.9. The Hall–Kier alpha value is -1.44. The summed E-state index contributed by atoms with van der Waals surface area (Å²) >= 11 is 0. The van der Waals surface area contributed by atoms with Gasteiger partial charge in [-0.15, -0.1) is 0 Å². The van der Waals surface area contributed by atoms with E-state index in [1.807, 2.05) is 19.9 Å². The quantitative estimate of drug-likeness (QED) is 0.128. The summed E-state index contributed by atoms with van der Waals surface area (Å²) in [6, 6.07) is 0. The lowest BCUT2D eigenvalue weighted by Gasteiger charge is -2.31. The molecule has 0 aromatic heterocycles. The molecule has 3 unspecified atom stereocenters. The van der Waals surface area contributed by atoms with Crippen LogP contribution in [0.1, 0.15) is 118 Å². The Bertz CT molecular complexity index is 711. The zero-order valence-electron chi connectivity index (χ0n) is 24.6. The number of carbonyl (C=O) groups is 2. The average Bonchev–Trinajstić information content (AvgIpc) is 3.25. The van der Waals surface area contributed by atoms with E-state index in [-0.39, 0.29) is 35.9 Å². The summed E-state index contributed by atoms with van der Waals surface area (Å²) in [5.74, 6) is 0.459. The molecule has 2 rings (SSSR count). The third kappa shape index (κ3) is 12.2. The maximum Gasteiger partial charge on any atom is 0.306 e. The molecule has 1 aliphatic heterocycles. The second-order valence-electron chi connectivity index (χ2n) is 12.1. The second kappa shape index (κ2) is 17.3. The van der Waals surface area contributed by atoms with Crippen LogP contribution in [-0.4, -0.2) is 55.4 Å². The summed E-state index contributed by atoms with van der Waals surface area (Å²) in [5, 5.41) is 11.0. The van der Waals surface area contributed by atoms with E-state index in [1.54, 1.807) is 0 Å². The topological polar surface area (TPSA) is 91.3 Å². The van der Waals surface area contributed by atoms with E-state index in [4.69, 9.17) is 18.9 Å². The van der Waals surface area contributed by atoms with Gasteiger partial charge in [0.15, 0.2) is 6.29 Å². The summed E-state index contributed by atoms with van der Waals surface area (Å²) in [5.41, 5.74) is -0.325. The number of aliphatic hydroxyl groups is 1. The molecule has 1 saturated carbocycles. The minimum atomic E-state index is -0.579. The summed E-state index contributed by atoms with van der Waals surface area (Å²) in [6.07, 6.45) is 16.4. The molecule has 7 heteroatoms. The number of hydrogen-bond acceptors (Lipinski definition) is 7. The van der Waals surface area contributed by atoms with E-state index in [0.717, 1.165) is 77.2 Å². The normalized spacial score (nSPS) is 25.1. The number of esters is 2. The van der Waals surface area contributed by atoms with Crippen molar-refractivity contribution in [2.45, 2.75) is 142 Å². The number of unbranched alkanes of at least 4 members (excludes halogenated alkanes) is 3. The molecule has 1 saturated heterocycles. The molecule has 1 N–H and O–H groups in total. The Labute approximate surface area is 231 Å². The Morgan fingerprint density at radius 1 is 1.00 bits per heavy atom. The molecule has 0 bridgehead atoms. The van der Waals surface area contributed by atoms with Crippen LogP contribution < -0.4 is 0 Å². The van der Waals surface area contributed by atoms with E-state index in [1.165, 1.54) is 7.11 Å². The van der Waals surface area contributed by atoms with Gasteiger partial charge in [-0.3, -0.25) is 9.59 Å². The van der Waals surface area contributed by atoms with Gasteiger partial charge in [0.2, 0.25) is 0 Å². The molecule has 0 radical (unpaired) electrons. The van der Waals surface area contributed by atoms with Crippen LogP contribution in [0, 0.1) is 17.3 Å². The molecule has 0 aromatic carbocycles. The van der Waals surface area contributed by atoms with Gasteiger partial charge in [-0.25, -0.2) is 0 Å². The molecule has 5 atom stereocenters. The molecule has 2 fully saturated rings. The smallest absolute Gasteiger partial charge is 0.306 e. The van der Waals surface area contributed by atoms with Gasteiger partial charge in [-0.1, -0.05) is 45.3 Å². The minimum absolute atomic E-state index is 0.0917. The average molecular weight is 539 g/mol. The molecule has 1 heterocycles. The monoisotopic (exact) mass is 538 g/mol. The molecular weight excluding hydrogens is 484 g/mol. The van der Waals surface area contributed by atoms with Crippen LogP contribution in [0.5, 0.6) is 0 Å². The highest BCUT2D eigenvalue weighted by atomic mass is 16.7. The summed E-state index contributed by atoms with van der Waals surface area (Å²) < 4.78 is 22.3. The Morgan fingerprint density at radius 3 is 2.42 bits per heavy atom. The van der Waals surface area contributed by atoms with Crippen molar-refractivity contribution < 1.29 is 33.6 Å². The first kappa shape index (κ1) is 32.8. The zero-order chi connectivity index (χ0) is 28.0. The van der Waals surface area contributed by atoms with E-state index >= 15 is 0 Å². The number of rotatable bonds is 17. The maximum absolute atomic E-state index is 11.9. The van der Waals surface area contributed by atoms with Gasteiger partial charge in [0.25, 0.3) is 0 Å². The predicted octanol–water partition coefficient (Wildman–Crippen LogP) is 6.50. The highest BCUT2D eigenvalue weighted by molar-refractivity contribution is 5.69. The van der Waals surface area contributed by atoms with E-state index in [2.05, 4.69) is 19.9 Å². The zero-order valence-corrected chi connectivity index (χ0v) is 24.6. The van der Waals surface area contributed by atoms with Gasteiger partial charge in [-0.05, 0) is 88.9 Å². The van der Waals surface area contributed by atoms with Gasteiger partial charge in [-0.2, -0.15) is 0 Å². The highest BCUT2D eigenvalue weighted by Gasteiger charge is 2.37. The Morgan fingerprint density at radius 2 is 1.74 bits per heavy atom. The van der Waals surface area contributed by atoms with Crippen LogP contribution in [0.25, 0.3) is 0 Å². The van der Waals surface area contributed by atoms with Crippen molar-refractivity contribution in [1.82, 2.24) is 0 Å². The van der Waals surface area contributed by atoms with Crippen LogP contribution in [0.15, 0.2) is 12.2 Å². The number of aliphatic hydroxyl groups excluding tert-OH is 1. The third-order valence-electron chi connectivity index (χ3n) is 8.08. The van der Waals surface area contributed by atoms with E-state index in [0.29, 0.717) is 31.1 Å². The lowest BCUT2D eigenvalue weighted by Crippen LogP contribution is -2.31. The van der Waals surface area contributed by atoms with Gasteiger partial charge in [0.05, 0.1) is 25.4 Å². The van der Waals surface area contributed by atoms with Crippen LogP contribution >= 0.6 is 0 Å². The third-order valence-corrected chi connectivity index (χ3v) is 8.08. The first-order valence-corrected chi connectivity index (χ1v) is 15.0. The van der Waals surface area contributed by atoms with Crippen molar-refractivity contribution in [2.24, 2.45) is 17.3 Å². The Balaban J connectivity index is 1.89. The molecule has 2 aliphatic rings. The van der Waals surface area contributed by atoms with Crippen LogP contribution in [0.3, 0.4) is 0 Å². The first-order chi connectivity index (χ1) is 18.1. The minimum Gasteiger partial charge on any atom is -0.469 e. The van der Waals surface area contributed by atoms with Crippen LogP contribution in [0.2, 0.25) is 0 Å². The highest BCUT2D eigenvalue weighted by Crippen LogP contribution is 2.40.